The predicted molar refractivity (Wildman–Crippen MR) is 82.9 cm³/mol. The average molecular weight is 269 g/mol. The fourth-order valence-electron chi connectivity index (χ4n) is 2.22. The quantitative estimate of drug-likeness (QED) is 0.592. The van der Waals surface area contributed by atoms with Gasteiger partial charge in [-0.15, -0.1) is 0 Å². The van der Waals surface area contributed by atoms with Crippen LogP contribution in [0.25, 0.3) is 0 Å². The summed E-state index contributed by atoms with van der Waals surface area (Å²) in [6.07, 6.45) is 0. The van der Waals surface area contributed by atoms with E-state index in [1.165, 1.54) is 0 Å². The molecule has 4 nitrogen and oxygen atoms in total. The Morgan fingerprint density at radius 3 is 2.20 bits per heavy atom. The van der Waals surface area contributed by atoms with Gasteiger partial charge >= 0.3 is 0 Å². The topological polar surface area (TPSA) is 67.2 Å². The molecule has 0 atom stereocenters. The van der Waals surface area contributed by atoms with Crippen molar-refractivity contribution in [2.45, 2.75) is 20.8 Å². The zero-order valence-electron chi connectivity index (χ0n) is 11.9. The van der Waals surface area contributed by atoms with Gasteiger partial charge in [0.05, 0.1) is 11.3 Å². The third-order valence-electron chi connectivity index (χ3n) is 3.05. The van der Waals surface area contributed by atoms with E-state index in [-0.39, 0.29) is 5.91 Å². The van der Waals surface area contributed by atoms with Crippen LogP contribution in [0.1, 0.15) is 27.0 Å². The van der Waals surface area contributed by atoms with Crippen LogP contribution in [-0.4, -0.2) is 5.91 Å². The molecule has 0 bridgehead atoms. The number of amides is 1. The molecule has 0 aliphatic rings. The lowest BCUT2D eigenvalue weighted by atomic mass is 10.1. The van der Waals surface area contributed by atoms with Crippen molar-refractivity contribution in [1.82, 2.24) is 0 Å². The standard InChI is InChI=1S/C16H19N3O/c1-10-4-5-15(19-17)14(9-10)16(20)18-13-7-11(2)6-12(3)8-13/h4-9,19H,17H2,1-3H3,(H,18,20). The van der Waals surface area contributed by atoms with Crippen LogP contribution in [0.3, 0.4) is 0 Å². The van der Waals surface area contributed by atoms with Gasteiger partial charge in [-0.2, -0.15) is 0 Å². The molecule has 0 spiro atoms. The smallest absolute Gasteiger partial charge is 0.257 e. The molecule has 2 aromatic rings. The Hall–Kier alpha value is -2.33. The maximum absolute atomic E-state index is 12.4. The number of nitrogens with one attached hydrogen (secondary N) is 2. The molecular formula is C16H19N3O. The lowest BCUT2D eigenvalue weighted by Crippen LogP contribution is -2.17. The van der Waals surface area contributed by atoms with Gasteiger partial charge in [0.25, 0.3) is 5.91 Å². The number of benzene rings is 2. The number of carbonyl (C=O) groups is 1. The third-order valence-corrected chi connectivity index (χ3v) is 3.05. The number of aryl methyl sites for hydroxylation is 3. The van der Waals surface area contributed by atoms with Crippen LogP contribution in [0.2, 0.25) is 0 Å². The molecule has 0 aromatic heterocycles. The first-order valence-electron chi connectivity index (χ1n) is 6.46. The monoisotopic (exact) mass is 269 g/mol. The van der Waals surface area contributed by atoms with Crippen LogP contribution in [0.5, 0.6) is 0 Å². The van der Waals surface area contributed by atoms with Gasteiger partial charge in [0.2, 0.25) is 0 Å². The largest absolute Gasteiger partial charge is 0.323 e. The fourth-order valence-corrected chi connectivity index (χ4v) is 2.22. The zero-order valence-corrected chi connectivity index (χ0v) is 11.9. The zero-order chi connectivity index (χ0) is 14.7. The Labute approximate surface area is 119 Å². The predicted octanol–water partition coefficient (Wildman–Crippen LogP) is 3.15. The van der Waals surface area contributed by atoms with Crippen LogP contribution in [0, 0.1) is 20.8 Å². The van der Waals surface area contributed by atoms with Crippen LogP contribution in [-0.2, 0) is 0 Å². The van der Waals surface area contributed by atoms with Crippen molar-refractivity contribution in [3.05, 3.63) is 58.7 Å². The minimum Gasteiger partial charge on any atom is -0.323 e. The highest BCUT2D eigenvalue weighted by molar-refractivity contribution is 6.08. The Morgan fingerprint density at radius 2 is 1.60 bits per heavy atom. The van der Waals surface area contributed by atoms with E-state index < -0.39 is 0 Å². The normalized spacial score (nSPS) is 10.2. The molecule has 1 amide bonds. The average Bonchev–Trinajstić information content (AvgIpc) is 2.37. The van der Waals surface area contributed by atoms with Gasteiger partial charge in [0.15, 0.2) is 0 Å². The molecule has 2 aromatic carbocycles. The summed E-state index contributed by atoms with van der Waals surface area (Å²) in [6.45, 7) is 5.94. The number of hydrazine groups is 1. The Kier molecular flexibility index (Phi) is 4.05. The van der Waals surface area contributed by atoms with Crippen LogP contribution in [0.15, 0.2) is 36.4 Å². The molecule has 0 aliphatic carbocycles. The highest BCUT2D eigenvalue weighted by Crippen LogP contribution is 2.19. The van der Waals surface area contributed by atoms with Crippen molar-refractivity contribution < 1.29 is 4.79 Å². The third kappa shape index (κ3) is 3.16. The highest BCUT2D eigenvalue weighted by Gasteiger charge is 2.11. The summed E-state index contributed by atoms with van der Waals surface area (Å²) in [5.74, 6) is 5.28. The second kappa shape index (κ2) is 5.75. The van der Waals surface area contributed by atoms with E-state index in [1.54, 1.807) is 6.07 Å². The highest BCUT2D eigenvalue weighted by atomic mass is 16.1. The van der Waals surface area contributed by atoms with Gasteiger partial charge in [0, 0.05) is 5.69 Å². The number of carbonyl (C=O) groups excluding carboxylic acids is 1. The molecule has 0 radical (unpaired) electrons. The maximum atomic E-state index is 12.4. The summed E-state index contributed by atoms with van der Waals surface area (Å²) in [7, 11) is 0. The van der Waals surface area contributed by atoms with Crippen molar-refractivity contribution in [1.29, 1.82) is 0 Å². The van der Waals surface area contributed by atoms with Crippen molar-refractivity contribution in [2.24, 2.45) is 5.84 Å². The van der Waals surface area contributed by atoms with Crippen LogP contribution in [0.4, 0.5) is 11.4 Å². The van der Waals surface area contributed by atoms with E-state index in [2.05, 4.69) is 16.8 Å². The summed E-state index contributed by atoms with van der Waals surface area (Å²) in [6, 6.07) is 11.5. The molecule has 0 fully saturated rings. The van der Waals surface area contributed by atoms with Gasteiger partial charge < -0.3 is 10.7 Å². The fraction of sp³-hybridized carbons (Fsp3) is 0.188. The van der Waals surface area contributed by atoms with Gasteiger partial charge in [-0.3, -0.25) is 10.6 Å². The van der Waals surface area contributed by atoms with E-state index in [4.69, 9.17) is 5.84 Å². The molecule has 4 heteroatoms. The Bertz CT molecular complexity index is 630. The molecule has 20 heavy (non-hydrogen) atoms. The molecule has 0 saturated heterocycles. The van der Waals surface area contributed by atoms with Crippen molar-refractivity contribution >= 4 is 17.3 Å². The van der Waals surface area contributed by atoms with Gasteiger partial charge in [-0.25, -0.2) is 0 Å². The molecule has 2 rings (SSSR count). The summed E-state index contributed by atoms with van der Waals surface area (Å²) < 4.78 is 0. The first-order valence-corrected chi connectivity index (χ1v) is 6.46. The van der Waals surface area contributed by atoms with E-state index in [9.17, 15) is 4.79 Å². The number of anilines is 2. The first-order chi connectivity index (χ1) is 9.49. The molecule has 4 N–H and O–H groups in total. The van der Waals surface area contributed by atoms with Crippen molar-refractivity contribution in [2.75, 3.05) is 10.7 Å². The molecule has 0 unspecified atom stereocenters. The van der Waals surface area contributed by atoms with Crippen molar-refractivity contribution in [3.8, 4) is 0 Å². The second-order valence-electron chi connectivity index (χ2n) is 5.02. The molecule has 0 saturated carbocycles. The Balaban J connectivity index is 2.30. The SMILES string of the molecule is Cc1cc(C)cc(NC(=O)c2cc(C)ccc2NN)c1. The van der Waals surface area contributed by atoms with Crippen LogP contribution >= 0.6 is 0 Å². The summed E-state index contributed by atoms with van der Waals surface area (Å²) in [5.41, 5.74) is 7.72. The summed E-state index contributed by atoms with van der Waals surface area (Å²) >= 11 is 0. The maximum Gasteiger partial charge on any atom is 0.257 e. The number of nitrogen functional groups attached to an aromatic ring is 1. The lowest BCUT2D eigenvalue weighted by molar-refractivity contribution is 0.102. The molecular weight excluding hydrogens is 250 g/mol. The minimum atomic E-state index is -0.174. The minimum absolute atomic E-state index is 0.174. The first kappa shape index (κ1) is 14.1. The van der Waals surface area contributed by atoms with Crippen molar-refractivity contribution in [3.63, 3.8) is 0 Å². The number of hydrogen-bond acceptors (Lipinski definition) is 3. The molecule has 104 valence electrons. The van der Waals surface area contributed by atoms with Gasteiger partial charge in [0.1, 0.15) is 0 Å². The van der Waals surface area contributed by atoms with Gasteiger partial charge in [-0.1, -0.05) is 17.7 Å². The second-order valence-corrected chi connectivity index (χ2v) is 5.02. The summed E-state index contributed by atoms with van der Waals surface area (Å²) in [5, 5.41) is 2.91. The molecule has 0 heterocycles. The van der Waals surface area contributed by atoms with Crippen LogP contribution < -0.4 is 16.6 Å². The lowest BCUT2D eigenvalue weighted by Gasteiger charge is -2.11. The summed E-state index contributed by atoms with van der Waals surface area (Å²) in [4.78, 5) is 12.4. The van der Waals surface area contributed by atoms with E-state index in [0.717, 1.165) is 22.4 Å². The number of hydrogen-bond donors (Lipinski definition) is 3. The van der Waals surface area contributed by atoms with E-state index in [0.29, 0.717) is 11.3 Å². The number of nitrogens with two attached hydrogens (primary N) is 1. The van der Waals surface area contributed by atoms with E-state index in [1.807, 2.05) is 45.0 Å². The van der Waals surface area contributed by atoms with E-state index >= 15 is 0 Å². The molecule has 0 aliphatic heterocycles. The van der Waals surface area contributed by atoms with Gasteiger partial charge in [-0.05, 0) is 56.2 Å². The number of rotatable bonds is 3. The Morgan fingerprint density at radius 1 is 0.950 bits per heavy atom.